The normalized spacial score (nSPS) is 21.6. The highest BCUT2D eigenvalue weighted by atomic mass is 16.7. The molecule has 0 aromatic heterocycles. The third kappa shape index (κ3) is 27.6. The molecule has 322 valence electrons. The van der Waals surface area contributed by atoms with E-state index in [0.717, 1.165) is 57.8 Å². The van der Waals surface area contributed by atoms with E-state index in [1.807, 2.05) is 6.08 Å². The number of rotatable bonds is 37. The van der Waals surface area contributed by atoms with Crippen LogP contribution in [-0.2, 0) is 14.3 Å². The van der Waals surface area contributed by atoms with Crippen LogP contribution in [0.3, 0.4) is 0 Å². The summed E-state index contributed by atoms with van der Waals surface area (Å²) in [7, 11) is 0. The molecule has 0 bridgehead atoms. The van der Waals surface area contributed by atoms with Gasteiger partial charge in [0.2, 0.25) is 5.91 Å². The number of hydrogen-bond donors (Lipinski definition) is 6. The molecular weight excluding hydrogens is 695 g/mol. The minimum absolute atomic E-state index is 0.202. The van der Waals surface area contributed by atoms with E-state index in [1.165, 1.54) is 116 Å². The van der Waals surface area contributed by atoms with E-state index in [1.54, 1.807) is 6.08 Å². The predicted octanol–water partition coefficient (Wildman–Crippen LogP) is 9.28. The second kappa shape index (κ2) is 36.7. The summed E-state index contributed by atoms with van der Waals surface area (Å²) in [6, 6.07) is -0.824. The van der Waals surface area contributed by atoms with Gasteiger partial charge in [-0.2, -0.15) is 0 Å². The molecule has 1 heterocycles. The van der Waals surface area contributed by atoms with E-state index < -0.39 is 49.5 Å². The van der Waals surface area contributed by atoms with Crippen LogP contribution >= 0.6 is 0 Å². The fourth-order valence-electron chi connectivity index (χ4n) is 6.98. The van der Waals surface area contributed by atoms with E-state index >= 15 is 0 Å². The van der Waals surface area contributed by atoms with Gasteiger partial charge in [-0.3, -0.25) is 4.79 Å². The molecule has 0 aromatic carbocycles. The molecular formula is C46H85NO8. The number of unbranched alkanes of at least 4 members (excludes halogenated alkanes) is 23. The van der Waals surface area contributed by atoms with Crippen molar-refractivity contribution in [2.75, 3.05) is 13.2 Å². The first-order chi connectivity index (χ1) is 26.8. The zero-order valence-corrected chi connectivity index (χ0v) is 35.2. The molecule has 1 rings (SSSR count). The van der Waals surface area contributed by atoms with Crippen LogP contribution in [0.4, 0.5) is 0 Å². The maximum absolute atomic E-state index is 12.9. The summed E-state index contributed by atoms with van der Waals surface area (Å²) in [4.78, 5) is 12.9. The minimum atomic E-state index is -1.57. The zero-order valence-electron chi connectivity index (χ0n) is 35.2. The molecule has 1 aliphatic heterocycles. The van der Waals surface area contributed by atoms with Crippen molar-refractivity contribution in [1.82, 2.24) is 5.32 Å². The third-order valence-corrected chi connectivity index (χ3v) is 10.7. The number of aliphatic hydroxyl groups excluding tert-OH is 5. The first kappa shape index (κ1) is 51.4. The molecule has 1 saturated heterocycles. The number of amides is 1. The van der Waals surface area contributed by atoms with E-state index in [0.29, 0.717) is 6.42 Å². The SMILES string of the molecule is CCCC/C=C\CCCCCCC(=O)NC(COC1OC(CO)C(O)C(O)C1O)C(O)/C=C/CC/C=C/CCCCCCCCCCCCCCCCCC. The highest BCUT2D eigenvalue weighted by Crippen LogP contribution is 2.22. The van der Waals surface area contributed by atoms with E-state index in [-0.39, 0.29) is 12.5 Å². The molecule has 6 N–H and O–H groups in total. The van der Waals surface area contributed by atoms with Gasteiger partial charge in [0.25, 0.3) is 0 Å². The Labute approximate surface area is 336 Å². The summed E-state index contributed by atoms with van der Waals surface area (Å²) >= 11 is 0. The Morgan fingerprint density at radius 2 is 1.05 bits per heavy atom. The van der Waals surface area contributed by atoms with Gasteiger partial charge in [-0.1, -0.05) is 172 Å². The maximum Gasteiger partial charge on any atom is 0.220 e. The van der Waals surface area contributed by atoms with Gasteiger partial charge in [-0.15, -0.1) is 0 Å². The fraction of sp³-hybridized carbons (Fsp3) is 0.848. The standard InChI is InChI=1S/C46H85NO8/c1-3-5-7-9-11-13-15-16-17-18-19-20-21-22-23-24-25-26-27-29-31-33-35-40(49)39(38-54-46-45(53)44(52)43(51)41(37-48)55-46)47-42(50)36-34-32-30-28-14-12-10-8-6-4-2/h10,12,26-27,33,35,39-41,43-46,48-49,51-53H,3-9,11,13-25,28-32,34,36-38H2,1-2H3,(H,47,50)/b12-10-,27-26+,35-33+. The van der Waals surface area contributed by atoms with Crippen LogP contribution in [0.25, 0.3) is 0 Å². The van der Waals surface area contributed by atoms with Crippen LogP contribution in [0.2, 0.25) is 0 Å². The van der Waals surface area contributed by atoms with Crippen molar-refractivity contribution in [2.45, 2.75) is 236 Å². The molecule has 9 nitrogen and oxygen atoms in total. The molecule has 7 atom stereocenters. The Hall–Kier alpha value is -1.59. The highest BCUT2D eigenvalue weighted by Gasteiger charge is 2.44. The molecule has 0 saturated carbocycles. The summed E-state index contributed by atoms with van der Waals surface area (Å²) in [5, 5.41) is 54.0. The molecule has 0 aromatic rings. The topological polar surface area (TPSA) is 149 Å². The Bertz CT molecular complexity index is 956. The van der Waals surface area contributed by atoms with Crippen molar-refractivity contribution in [3.63, 3.8) is 0 Å². The number of carbonyl (C=O) groups excluding carboxylic acids is 1. The quantitative estimate of drug-likeness (QED) is 0.0270. The highest BCUT2D eigenvalue weighted by molar-refractivity contribution is 5.76. The van der Waals surface area contributed by atoms with Gasteiger partial charge in [-0.05, 0) is 51.4 Å². The molecule has 55 heavy (non-hydrogen) atoms. The Balaban J connectivity index is 2.34. The van der Waals surface area contributed by atoms with Crippen LogP contribution in [0.15, 0.2) is 36.5 Å². The van der Waals surface area contributed by atoms with Crippen molar-refractivity contribution in [1.29, 1.82) is 0 Å². The van der Waals surface area contributed by atoms with Crippen molar-refractivity contribution in [3.05, 3.63) is 36.5 Å². The average molecular weight is 780 g/mol. The summed E-state index contributed by atoms with van der Waals surface area (Å²) in [5.41, 5.74) is 0. The second-order valence-corrected chi connectivity index (χ2v) is 15.8. The summed E-state index contributed by atoms with van der Waals surface area (Å²) in [6.07, 6.45) is 37.8. The van der Waals surface area contributed by atoms with Gasteiger partial charge in [0, 0.05) is 6.42 Å². The van der Waals surface area contributed by atoms with Gasteiger partial charge in [0.15, 0.2) is 6.29 Å². The van der Waals surface area contributed by atoms with Crippen LogP contribution in [-0.4, -0.2) is 87.5 Å². The number of hydrogen-bond acceptors (Lipinski definition) is 8. The lowest BCUT2D eigenvalue weighted by atomic mass is 9.99. The monoisotopic (exact) mass is 780 g/mol. The number of aliphatic hydroxyl groups is 5. The van der Waals surface area contributed by atoms with Gasteiger partial charge >= 0.3 is 0 Å². The van der Waals surface area contributed by atoms with Gasteiger partial charge in [0.1, 0.15) is 24.4 Å². The molecule has 0 radical (unpaired) electrons. The molecule has 9 heteroatoms. The van der Waals surface area contributed by atoms with Crippen LogP contribution < -0.4 is 5.32 Å². The fourth-order valence-corrected chi connectivity index (χ4v) is 6.98. The second-order valence-electron chi connectivity index (χ2n) is 15.8. The number of carbonyl (C=O) groups is 1. The number of nitrogens with one attached hydrogen (secondary N) is 1. The number of allylic oxidation sites excluding steroid dienone is 5. The largest absolute Gasteiger partial charge is 0.394 e. The van der Waals surface area contributed by atoms with E-state index in [4.69, 9.17) is 9.47 Å². The average Bonchev–Trinajstić information content (AvgIpc) is 3.18. The first-order valence-corrected chi connectivity index (χ1v) is 22.7. The van der Waals surface area contributed by atoms with Gasteiger partial charge in [0.05, 0.1) is 25.4 Å². The van der Waals surface area contributed by atoms with Crippen molar-refractivity contribution in [3.8, 4) is 0 Å². The minimum Gasteiger partial charge on any atom is -0.394 e. The zero-order chi connectivity index (χ0) is 40.2. The molecule has 7 unspecified atom stereocenters. The Kier molecular flexibility index (Phi) is 34.3. The molecule has 1 fully saturated rings. The molecule has 0 aliphatic carbocycles. The third-order valence-electron chi connectivity index (χ3n) is 10.7. The van der Waals surface area contributed by atoms with Crippen LogP contribution in [0, 0.1) is 0 Å². The van der Waals surface area contributed by atoms with Crippen LogP contribution in [0.1, 0.15) is 194 Å². The first-order valence-electron chi connectivity index (χ1n) is 22.7. The van der Waals surface area contributed by atoms with E-state index in [9.17, 15) is 30.3 Å². The van der Waals surface area contributed by atoms with E-state index in [2.05, 4.69) is 43.5 Å². The number of ether oxygens (including phenoxy) is 2. The molecule has 1 aliphatic rings. The van der Waals surface area contributed by atoms with Gasteiger partial charge < -0.3 is 40.3 Å². The van der Waals surface area contributed by atoms with Crippen molar-refractivity contribution >= 4 is 5.91 Å². The maximum atomic E-state index is 12.9. The molecule has 1 amide bonds. The Morgan fingerprint density at radius 1 is 0.600 bits per heavy atom. The summed E-state index contributed by atoms with van der Waals surface area (Å²) in [6.45, 7) is 3.70. The lowest BCUT2D eigenvalue weighted by molar-refractivity contribution is -0.302. The summed E-state index contributed by atoms with van der Waals surface area (Å²) in [5.74, 6) is -0.202. The Morgan fingerprint density at radius 3 is 1.58 bits per heavy atom. The summed E-state index contributed by atoms with van der Waals surface area (Å²) < 4.78 is 11.2. The molecule has 0 spiro atoms. The van der Waals surface area contributed by atoms with Crippen LogP contribution in [0.5, 0.6) is 0 Å². The van der Waals surface area contributed by atoms with Crippen molar-refractivity contribution < 1.29 is 39.8 Å². The van der Waals surface area contributed by atoms with Crippen molar-refractivity contribution in [2.24, 2.45) is 0 Å². The lowest BCUT2D eigenvalue weighted by Gasteiger charge is -2.40. The van der Waals surface area contributed by atoms with Gasteiger partial charge in [-0.25, -0.2) is 0 Å². The predicted molar refractivity (Wildman–Crippen MR) is 226 cm³/mol. The lowest BCUT2D eigenvalue weighted by Crippen LogP contribution is -2.60. The smallest absolute Gasteiger partial charge is 0.220 e.